The van der Waals surface area contributed by atoms with E-state index >= 15 is 0 Å². The molecule has 0 aromatic carbocycles. The fourth-order valence-electron chi connectivity index (χ4n) is 2.09. The van der Waals surface area contributed by atoms with Crippen LogP contribution in [0.2, 0.25) is 0 Å². The van der Waals surface area contributed by atoms with Crippen molar-refractivity contribution in [3.05, 3.63) is 11.8 Å². The highest BCUT2D eigenvalue weighted by atomic mass is 28.4. The van der Waals surface area contributed by atoms with Crippen molar-refractivity contribution in [3.63, 3.8) is 0 Å². The molecule has 0 aromatic rings. The Kier molecular flexibility index (Phi) is 9.74. The van der Waals surface area contributed by atoms with Crippen molar-refractivity contribution >= 4 is 14.6 Å². The first kappa shape index (κ1) is 19.3. The van der Waals surface area contributed by atoms with Crippen molar-refractivity contribution in [2.24, 2.45) is 0 Å². The Morgan fingerprint density at radius 1 is 1.05 bits per heavy atom. The minimum absolute atomic E-state index is 0.0151. The molecule has 0 aliphatic carbocycles. The molecular weight excluding hydrogens is 274 g/mol. The van der Waals surface area contributed by atoms with Gasteiger partial charge in [0.05, 0.1) is 5.67 Å². The number of allylic oxidation sites excluding steroid dienone is 2. The third-order valence-electron chi connectivity index (χ3n) is 2.69. The number of rotatable bonds is 11. The molecule has 0 aromatic heterocycles. The average molecular weight is 303 g/mol. The van der Waals surface area contributed by atoms with Gasteiger partial charge in [0.15, 0.2) is 5.78 Å². The molecule has 0 aliphatic heterocycles. The lowest BCUT2D eigenvalue weighted by atomic mass is 10.3. The van der Waals surface area contributed by atoms with Crippen LogP contribution in [0.15, 0.2) is 11.8 Å². The average Bonchev–Trinajstić information content (AvgIpc) is 2.35. The number of carbonyl (C=O) groups excluding carboxylic acids is 1. The molecule has 1 unspecified atom stereocenters. The van der Waals surface area contributed by atoms with Crippen molar-refractivity contribution in [1.82, 2.24) is 5.32 Å². The summed E-state index contributed by atoms with van der Waals surface area (Å²) in [5, 5.41) is 3.32. The molecule has 0 saturated carbocycles. The van der Waals surface area contributed by atoms with E-state index in [1.807, 2.05) is 27.7 Å². The van der Waals surface area contributed by atoms with Gasteiger partial charge in [0, 0.05) is 25.5 Å². The topological polar surface area (TPSA) is 56.8 Å². The fourth-order valence-corrected chi connectivity index (χ4v) is 5.06. The zero-order valence-electron chi connectivity index (χ0n) is 13.6. The van der Waals surface area contributed by atoms with Crippen molar-refractivity contribution < 1.29 is 18.1 Å². The smallest absolute Gasteiger partial charge is 0.381 e. The summed E-state index contributed by atoms with van der Waals surface area (Å²) in [6.45, 7) is 12.9. The molecule has 20 heavy (non-hydrogen) atoms. The lowest BCUT2D eigenvalue weighted by molar-refractivity contribution is -0.112. The largest absolute Gasteiger partial charge is 0.524 e. The number of nitrogens with one attached hydrogen (secondary N) is 1. The van der Waals surface area contributed by atoms with Gasteiger partial charge in [-0.25, -0.2) is 0 Å². The van der Waals surface area contributed by atoms with E-state index < -0.39 is 8.80 Å². The number of carbonyl (C=O) groups is 1. The number of ketones is 1. The monoisotopic (exact) mass is 303 g/mol. The quantitative estimate of drug-likeness (QED) is 0.469. The Hall–Kier alpha value is -0.693. The Labute approximate surface area is 124 Å². The molecule has 118 valence electrons. The van der Waals surface area contributed by atoms with Crippen LogP contribution in [0.3, 0.4) is 0 Å². The maximum Gasteiger partial charge on any atom is 0.524 e. The van der Waals surface area contributed by atoms with Crippen LogP contribution in [-0.2, 0) is 18.1 Å². The van der Waals surface area contributed by atoms with Gasteiger partial charge in [0.2, 0.25) is 0 Å². The van der Waals surface area contributed by atoms with Gasteiger partial charge in [-0.15, -0.1) is 0 Å². The number of hydrogen-bond donors (Lipinski definition) is 1. The second-order valence-electron chi connectivity index (χ2n) is 4.45. The minimum atomic E-state index is -2.80. The van der Waals surface area contributed by atoms with E-state index in [2.05, 4.69) is 12.2 Å². The second-order valence-corrected chi connectivity index (χ2v) is 7.22. The van der Waals surface area contributed by atoms with E-state index in [4.69, 9.17) is 13.3 Å². The van der Waals surface area contributed by atoms with E-state index in [9.17, 15) is 4.79 Å². The van der Waals surface area contributed by atoms with Gasteiger partial charge in [0.1, 0.15) is 0 Å². The SMILES string of the molecule is CCO[Si](OCC)(OCC)C(CC)N/C(C)=C\C(C)=O. The van der Waals surface area contributed by atoms with Crippen molar-refractivity contribution in [3.8, 4) is 0 Å². The van der Waals surface area contributed by atoms with Crippen LogP contribution in [0.25, 0.3) is 0 Å². The molecular formula is C14H29NO4Si. The summed E-state index contributed by atoms with van der Waals surface area (Å²) in [5.74, 6) is 0.0151. The lowest BCUT2D eigenvalue weighted by Crippen LogP contribution is -2.61. The maximum absolute atomic E-state index is 11.2. The zero-order chi connectivity index (χ0) is 15.6. The van der Waals surface area contributed by atoms with Crippen LogP contribution < -0.4 is 5.32 Å². The Balaban J connectivity index is 5.19. The first-order chi connectivity index (χ1) is 9.45. The summed E-state index contributed by atoms with van der Waals surface area (Å²) in [6.07, 6.45) is 2.38. The molecule has 0 amide bonds. The molecule has 0 heterocycles. The number of hydrogen-bond acceptors (Lipinski definition) is 5. The fraction of sp³-hybridized carbons (Fsp3) is 0.786. The molecule has 0 saturated heterocycles. The van der Waals surface area contributed by atoms with Crippen molar-refractivity contribution in [2.45, 2.75) is 53.6 Å². The summed E-state index contributed by atoms with van der Waals surface area (Å²) in [6, 6.07) is 0. The van der Waals surface area contributed by atoms with Gasteiger partial charge in [-0.3, -0.25) is 4.79 Å². The first-order valence-corrected chi connectivity index (χ1v) is 9.13. The summed E-state index contributed by atoms with van der Waals surface area (Å²) in [5.41, 5.74) is 0.748. The minimum Gasteiger partial charge on any atom is -0.381 e. The molecule has 5 nitrogen and oxygen atoms in total. The molecule has 0 aliphatic rings. The van der Waals surface area contributed by atoms with E-state index in [1.54, 1.807) is 6.08 Å². The molecule has 0 spiro atoms. The molecule has 0 radical (unpaired) electrons. The van der Waals surface area contributed by atoms with Crippen molar-refractivity contribution in [1.29, 1.82) is 0 Å². The molecule has 0 rings (SSSR count). The first-order valence-electron chi connectivity index (χ1n) is 7.32. The molecule has 1 atom stereocenters. The van der Waals surface area contributed by atoms with E-state index in [0.29, 0.717) is 19.8 Å². The molecule has 6 heteroatoms. The predicted octanol–water partition coefficient (Wildman–Crippen LogP) is 2.44. The molecule has 0 fully saturated rings. The zero-order valence-corrected chi connectivity index (χ0v) is 14.6. The third-order valence-corrected chi connectivity index (χ3v) is 6.17. The maximum atomic E-state index is 11.2. The van der Waals surface area contributed by atoms with Gasteiger partial charge in [-0.1, -0.05) is 6.92 Å². The van der Waals surface area contributed by atoms with Gasteiger partial charge in [0.25, 0.3) is 0 Å². The van der Waals surface area contributed by atoms with Gasteiger partial charge < -0.3 is 18.6 Å². The van der Waals surface area contributed by atoms with E-state index in [-0.39, 0.29) is 11.4 Å². The van der Waals surface area contributed by atoms with Crippen LogP contribution in [0.4, 0.5) is 0 Å². The standard InChI is InChI=1S/C14H29NO4Si/c1-7-14(15-12(5)11-13(6)16)20(17-8-2,18-9-3)19-10-4/h11,14-15H,7-10H2,1-6H3/b12-11-. The van der Waals surface area contributed by atoms with Crippen LogP contribution in [0, 0.1) is 0 Å². The van der Waals surface area contributed by atoms with E-state index in [1.165, 1.54) is 6.92 Å². The third kappa shape index (κ3) is 6.17. The van der Waals surface area contributed by atoms with Crippen LogP contribution in [-0.4, -0.2) is 40.1 Å². The molecule has 1 N–H and O–H groups in total. The second kappa shape index (κ2) is 10.1. The van der Waals surface area contributed by atoms with Gasteiger partial charge in [-0.05, 0) is 47.1 Å². The normalized spacial score (nSPS) is 14.2. The highest BCUT2D eigenvalue weighted by molar-refractivity contribution is 6.62. The van der Waals surface area contributed by atoms with Gasteiger partial charge >= 0.3 is 8.80 Å². The summed E-state index contributed by atoms with van der Waals surface area (Å²) in [7, 11) is -2.80. The van der Waals surface area contributed by atoms with E-state index in [0.717, 1.165) is 12.1 Å². The van der Waals surface area contributed by atoms with Crippen molar-refractivity contribution in [2.75, 3.05) is 19.8 Å². The summed E-state index contributed by atoms with van der Waals surface area (Å²) in [4.78, 5) is 11.2. The van der Waals surface area contributed by atoms with Crippen LogP contribution in [0.5, 0.6) is 0 Å². The lowest BCUT2D eigenvalue weighted by Gasteiger charge is -2.35. The Bertz CT molecular complexity index is 303. The molecule has 0 bridgehead atoms. The highest BCUT2D eigenvalue weighted by Crippen LogP contribution is 2.19. The summed E-state index contributed by atoms with van der Waals surface area (Å²) < 4.78 is 17.7. The highest BCUT2D eigenvalue weighted by Gasteiger charge is 2.48. The predicted molar refractivity (Wildman–Crippen MR) is 82.3 cm³/mol. The van der Waals surface area contributed by atoms with Gasteiger partial charge in [-0.2, -0.15) is 0 Å². The van der Waals surface area contributed by atoms with Crippen LogP contribution in [0.1, 0.15) is 48.0 Å². The van der Waals surface area contributed by atoms with Crippen LogP contribution >= 0.6 is 0 Å². The summed E-state index contributed by atoms with van der Waals surface area (Å²) >= 11 is 0. The Morgan fingerprint density at radius 2 is 1.50 bits per heavy atom. The Morgan fingerprint density at radius 3 is 1.80 bits per heavy atom.